The van der Waals surface area contributed by atoms with E-state index in [2.05, 4.69) is 26.5 Å². The zero-order valence-electron chi connectivity index (χ0n) is 13.7. The quantitative estimate of drug-likeness (QED) is 0.720. The van der Waals surface area contributed by atoms with E-state index in [4.69, 9.17) is 0 Å². The number of nitrogens with zero attached hydrogens (tertiary/aromatic N) is 2. The summed E-state index contributed by atoms with van der Waals surface area (Å²) in [6.07, 6.45) is 4.47. The molecule has 0 saturated heterocycles. The summed E-state index contributed by atoms with van der Waals surface area (Å²) in [6.45, 7) is 1.90. The fourth-order valence-corrected chi connectivity index (χ4v) is 2.97. The molecule has 0 aliphatic carbocycles. The van der Waals surface area contributed by atoms with E-state index >= 15 is 0 Å². The second-order valence-corrected chi connectivity index (χ2v) is 6.62. The zero-order valence-corrected chi connectivity index (χ0v) is 14.6. The van der Waals surface area contributed by atoms with Gasteiger partial charge >= 0.3 is 0 Å². The Bertz CT molecular complexity index is 795. The highest BCUT2D eigenvalue weighted by molar-refractivity contribution is 7.98. The molecule has 0 spiro atoms. The van der Waals surface area contributed by atoms with Crippen molar-refractivity contribution < 1.29 is 4.79 Å². The van der Waals surface area contributed by atoms with Crippen LogP contribution in [0, 0.1) is 6.92 Å². The molecule has 0 unspecified atom stereocenters. The van der Waals surface area contributed by atoms with Crippen molar-refractivity contribution in [2.24, 2.45) is 0 Å². The summed E-state index contributed by atoms with van der Waals surface area (Å²) in [5.74, 6) is 1.60. The van der Waals surface area contributed by atoms with Crippen LogP contribution in [0.4, 0.5) is 0 Å². The maximum Gasteiger partial charge on any atom is 0.253 e. The summed E-state index contributed by atoms with van der Waals surface area (Å²) in [5, 5.41) is 3.08. The highest BCUT2D eigenvalue weighted by Crippen LogP contribution is 2.20. The molecule has 1 aromatic carbocycles. The van der Waals surface area contributed by atoms with Gasteiger partial charge in [-0.25, -0.2) is 4.98 Å². The molecule has 6 heteroatoms. The fourth-order valence-electron chi connectivity index (χ4n) is 2.49. The number of carbonyl (C=O) groups excluding carboxylic acids is 1. The number of nitrogens with one attached hydrogen (secondary N) is 2. The van der Waals surface area contributed by atoms with E-state index in [0.717, 1.165) is 34.7 Å². The number of H-pyrrole nitrogens is 1. The van der Waals surface area contributed by atoms with Crippen LogP contribution >= 0.6 is 11.8 Å². The summed E-state index contributed by atoms with van der Waals surface area (Å²) in [4.78, 5) is 24.7. The number of imidazole rings is 1. The van der Waals surface area contributed by atoms with Gasteiger partial charge in [0.25, 0.3) is 5.91 Å². The van der Waals surface area contributed by atoms with E-state index in [9.17, 15) is 4.79 Å². The van der Waals surface area contributed by atoms with Crippen LogP contribution < -0.4 is 5.32 Å². The molecule has 0 radical (unpaired) electrons. The van der Waals surface area contributed by atoms with Crippen molar-refractivity contribution in [1.82, 2.24) is 20.3 Å². The number of aryl methyl sites for hydroxylation is 1. The first kappa shape index (κ1) is 16.5. The van der Waals surface area contributed by atoms with Crippen molar-refractivity contribution in [1.29, 1.82) is 0 Å². The van der Waals surface area contributed by atoms with Gasteiger partial charge in [-0.1, -0.05) is 12.1 Å². The molecular weight excluding hydrogens is 320 g/mol. The predicted octanol–water partition coefficient (Wildman–Crippen LogP) is 3.49. The lowest BCUT2D eigenvalue weighted by Crippen LogP contribution is -2.29. The molecule has 0 fully saturated rings. The number of thioether (sulfide) groups is 1. The number of hydrogen-bond acceptors (Lipinski definition) is 4. The van der Waals surface area contributed by atoms with Crippen LogP contribution in [0.15, 0.2) is 42.6 Å². The Balaban J connectivity index is 1.83. The van der Waals surface area contributed by atoms with Crippen LogP contribution in [0.25, 0.3) is 11.0 Å². The SMILES string of the molecule is CSCC[C@@H](NC(=O)c1ccc(C)nc1)c1nc2ccccc2[nH]1. The van der Waals surface area contributed by atoms with E-state index in [1.54, 1.807) is 24.0 Å². The number of fused-ring (bicyclic) bond motifs is 1. The lowest BCUT2D eigenvalue weighted by atomic mass is 10.2. The lowest BCUT2D eigenvalue weighted by molar-refractivity contribution is 0.0934. The summed E-state index contributed by atoms with van der Waals surface area (Å²) < 4.78 is 0. The van der Waals surface area contributed by atoms with Crippen LogP contribution in [0.1, 0.15) is 34.3 Å². The highest BCUT2D eigenvalue weighted by atomic mass is 32.2. The molecule has 3 aromatic rings. The van der Waals surface area contributed by atoms with Gasteiger partial charge in [-0.15, -0.1) is 0 Å². The molecule has 0 aliphatic rings. The summed E-state index contributed by atoms with van der Waals surface area (Å²) in [6, 6.07) is 11.4. The summed E-state index contributed by atoms with van der Waals surface area (Å²) in [5.41, 5.74) is 3.34. The van der Waals surface area contributed by atoms with Crippen LogP contribution in [0.2, 0.25) is 0 Å². The van der Waals surface area contributed by atoms with Gasteiger partial charge in [-0.3, -0.25) is 9.78 Å². The van der Waals surface area contributed by atoms with Gasteiger partial charge in [-0.2, -0.15) is 11.8 Å². The third-order valence-corrected chi connectivity index (χ3v) is 4.47. The zero-order chi connectivity index (χ0) is 16.9. The van der Waals surface area contributed by atoms with Crippen molar-refractivity contribution in [2.45, 2.75) is 19.4 Å². The molecule has 2 N–H and O–H groups in total. The number of amides is 1. The minimum absolute atomic E-state index is 0.131. The molecule has 124 valence electrons. The number of rotatable bonds is 6. The molecule has 1 amide bonds. The van der Waals surface area contributed by atoms with Crippen molar-refractivity contribution >= 4 is 28.7 Å². The Morgan fingerprint density at radius 2 is 2.12 bits per heavy atom. The molecule has 2 aromatic heterocycles. The van der Waals surface area contributed by atoms with Crippen LogP contribution in [0.3, 0.4) is 0 Å². The van der Waals surface area contributed by atoms with E-state index in [0.29, 0.717) is 5.56 Å². The van der Waals surface area contributed by atoms with Crippen LogP contribution in [-0.4, -0.2) is 32.9 Å². The second kappa shape index (κ2) is 7.49. The van der Waals surface area contributed by atoms with Gasteiger partial charge in [0.15, 0.2) is 0 Å². The van der Waals surface area contributed by atoms with Crippen molar-refractivity contribution in [3.63, 3.8) is 0 Å². The number of para-hydroxylation sites is 2. The van der Waals surface area contributed by atoms with Crippen molar-refractivity contribution in [2.75, 3.05) is 12.0 Å². The number of benzene rings is 1. The number of aromatic nitrogens is 3. The molecule has 24 heavy (non-hydrogen) atoms. The molecule has 0 saturated carbocycles. The standard InChI is InChI=1S/C18H20N4OS/c1-12-7-8-13(11-19-12)18(23)22-16(9-10-24-2)17-20-14-5-3-4-6-15(14)21-17/h3-8,11,16H,9-10H2,1-2H3,(H,20,21)(H,22,23)/t16-/m1/s1. The first-order valence-electron chi connectivity index (χ1n) is 7.84. The third kappa shape index (κ3) is 3.76. The van der Waals surface area contributed by atoms with E-state index in [1.807, 2.05) is 37.3 Å². The largest absolute Gasteiger partial charge is 0.342 e. The van der Waals surface area contributed by atoms with E-state index in [-0.39, 0.29) is 11.9 Å². The smallest absolute Gasteiger partial charge is 0.253 e. The predicted molar refractivity (Wildman–Crippen MR) is 98.3 cm³/mol. The number of hydrogen-bond donors (Lipinski definition) is 2. The number of pyridine rings is 1. The molecule has 1 atom stereocenters. The fraction of sp³-hybridized carbons (Fsp3) is 0.278. The van der Waals surface area contributed by atoms with Gasteiger partial charge in [0.05, 0.1) is 22.6 Å². The van der Waals surface area contributed by atoms with Gasteiger partial charge in [0, 0.05) is 11.9 Å². The lowest BCUT2D eigenvalue weighted by Gasteiger charge is -2.16. The molecule has 5 nitrogen and oxygen atoms in total. The average Bonchev–Trinajstić information content (AvgIpc) is 3.03. The Morgan fingerprint density at radius 1 is 1.29 bits per heavy atom. The monoisotopic (exact) mass is 340 g/mol. The van der Waals surface area contributed by atoms with Crippen molar-refractivity contribution in [3.05, 3.63) is 59.7 Å². The maximum absolute atomic E-state index is 12.5. The van der Waals surface area contributed by atoms with E-state index < -0.39 is 0 Å². The van der Waals surface area contributed by atoms with E-state index in [1.165, 1.54) is 0 Å². The molecule has 0 bridgehead atoms. The minimum Gasteiger partial charge on any atom is -0.342 e. The summed E-state index contributed by atoms with van der Waals surface area (Å²) in [7, 11) is 0. The highest BCUT2D eigenvalue weighted by Gasteiger charge is 2.19. The minimum atomic E-state index is -0.154. The maximum atomic E-state index is 12.5. The normalized spacial score (nSPS) is 12.2. The van der Waals surface area contributed by atoms with Gasteiger partial charge < -0.3 is 10.3 Å². The molecular formula is C18H20N4OS. The molecule has 0 aliphatic heterocycles. The summed E-state index contributed by atoms with van der Waals surface area (Å²) >= 11 is 1.75. The third-order valence-electron chi connectivity index (χ3n) is 3.83. The first-order chi connectivity index (χ1) is 11.7. The Labute approximate surface area is 145 Å². The van der Waals surface area contributed by atoms with Crippen LogP contribution in [-0.2, 0) is 0 Å². The molecule has 2 heterocycles. The number of aromatic amines is 1. The molecule has 3 rings (SSSR count). The van der Waals surface area contributed by atoms with Gasteiger partial charge in [0.1, 0.15) is 5.82 Å². The van der Waals surface area contributed by atoms with Crippen LogP contribution in [0.5, 0.6) is 0 Å². The number of carbonyl (C=O) groups is 1. The topological polar surface area (TPSA) is 70.7 Å². The average molecular weight is 340 g/mol. The second-order valence-electron chi connectivity index (χ2n) is 5.63. The van der Waals surface area contributed by atoms with Gasteiger partial charge in [0.2, 0.25) is 0 Å². The van der Waals surface area contributed by atoms with Gasteiger partial charge in [-0.05, 0) is 49.6 Å². The van der Waals surface area contributed by atoms with Crippen molar-refractivity contribution in [3.8, 4) is 0 Å². The first-order valence-corrected chi connectivity index (χ1v) is 9.24. The Kier molecular flexibility index (Phi) is 5.15. The Hall–Kier alpha value is -2.34. The Morgan fingerprint density at radius 3 is 2.83 bits per heavy atom.